The number of carbonyl (C=O) groups is 1. The van der Waals surface area contributed by atoms with Crippen LogP contribution in [-0.2, 0) is 10.2 Å². The normalized spacial score (nSPS) is 25.2. The molecule has 1 N–H and O–H groups in total. The molecule has 1 saturated heterocycles. The second-order valence-electron chi connectivity index (χ2n) is 9.23. The van der Waals surface area contributed by atoms with Crippen molar-refractivity contribution in [2.75, 3.05) is 13.1 Å². The third-order valence-electron chi connectivity index (χ3n) is 5.94. The van der Waals surface area contributed by atoms with Gasteiger partial charge in [-0.15, -0.1) is 0 Å². The van der Waals surface area contributed by atoms with Gasteiger partial charge in [0.25, 0.3) is 0 Å². The third-order valence-corrected chi connectivity index (χ3v) is 5.94. The van der Waals surface area contributed by atoms with Crippen LogP contribution >= 0.6 is 0 Å². The van der Waals surface area contributed by atoms with Crippen LogP contribution in [0, 0.1) is 5.92 Å². The topological polar surface area (TPSA) is 32.3 Å². The fourth-order valence-corrected chi connectivity index (χ4v) is 3.95. The van der Waals surface area contributed by atoms with E-state index in [0.717, 1.165) is 32.4 Å². The van der Waals surface area contributed by atoms with Crippen LogP contribution in [-0.4, -0.2) is 36.0 Å². The lowest BCUT2D eigenvalue weighted by Gasteiger charge is -2.34. The first-order valence-corrected chi connectivity index (χ1v) is 9.90. The van der Waals surface area contributed by atoms with Crippen molar-refractivity contribution in [2.45, 2.75) is 77.3 Å². The van der Waals surface area contributed by atoms with Crippen LogP contribution < -0.4 is 5.32 Å². The van der Waals surface area contributed by atoms with Gasteiger partial charge in [0.05, 0.1) is 0 Å². The summed E-state index contributed by atoms with van der Waals surface area (Å²) in [6.07, 6.45) is 3.18. The SMILES string of the molecule is CC(C)N1CCC(NC(=O)[C@H]2C[C@@H]2c2ccc(C(C)(C)C)cc2)CC1. The lowest BCUT2D eigenvalue weighted by atomic mass is 9.86. The van der Waals surface area contributed by atoms with Crippen LogP contribution in [0.25, 0.3) is 0 Å². The van der Waals surface area contributed by atoms with Gasteiger partial charge in [-0.05, 0) is 55.6 Å². The van der Waals surface area contributed by atoms with Crippen molar-refractivity contribution in [2.24, 2.45) is 5.92 Å². The molecule has 1 aliphatic carbocycles. The largest absolute Gasteiger partial charge is 0.353 e. The number of hydrogen-bond donors (Lipinski definition) is 1. The van der Waals surface area contributed by atoms with E-state index in [4.69, 9.17) is 0 Å². The van der Waals surface area contributed by atoms with Crippen LogP contribution in [0.5, 0.6) is 0 Å². The predicted octanol–water partition coefficient (Wildman–Crippen LogP) is 4.08. The maximum Gasteiger partial charge on any atom is 0.223 e. The van der Waals surface area contributed by atoms with E-state index in [2.05, 4.69) is 69.1 Å². The summed E-state index contributed by atoms with van der Waals surface area (Å²) >= 11 is 0. The highest BCUT2D eigenvalue weighted by molar-refractivity contribution is 5.83. The predicted molar refractivity (Wildman–Crippen MR) is 104 cm³/mol. The summed E-state index contributed by atoms with van der Waals surface area (Å²) in [5.41, 5.74) is 2.86. The Kier molecular flexibility index (Phi) is 5.24. The Morgan fingerprint density at radius 3 is 2.24 bits per heavy atom. The number of hydrogen-bond acceptors (Lipinski definition) is 2. The van der Waals surface area contributed by atoms with Gasteiger partial charge in [-0.2, -0.15) is 0 Å². The zero-order chi connectivity index (χ0) is 18.2. The number of rotatable bonds is 4. The second kappa shape index (κ2) is 7.11. The molecule has 0 bridgehead atoms. The summed E-state index contributed by atoms with van der Waals surface area (Å²) in [4.78, 5) is 15.1. The van der Waals surface area contributed by atoms with Gasteiger partial charge >= 0.3 is 0 Å². The molecule has 1 aliphatic heterocycles. The van der Waals surface area contributed by atoms with E-state index in [9.17, 15) is 4.79 Å². The minimum absolute atomic E-state index is 0.184. The molecule has 3 rings (SSSR count). The summed E-state index contributed by atoms with van der Waals surface area (Å²) in [5.74, 6) is 0.876. The molecule has 1 aromatic carbocycles. The molecule has 3 heteroatoms. The van der Waals surface area contributed by atoms with Crippen molar-refractivity contribution in [3.63, 3.8) is 0 Å². The third kappa shape index (κ3) is 4.44. The average Bonchev–Trinajstić information content (AvgIpc) is 3.35. The molecule has 0 spiro atoms. The van der Waals surface area contributed by atoms with E-state index in [1.807, 2.05) is 0 Å². The van der Waals surface area contributed by atoms with Crippen molar-refractivity contribution >= 4 is 5.91 Å². The highest BCUT2D eigenvalue weighted by atomic mass is 16.2. The Morgan fingerprint density at radius 1 is 1.12 bits per heavy atom. The van der Waals surface area contributed by atoms with Gasteiger partial charge in [-0.25, -0.2) is 0 Å². The van der Waals surface area contributed by atoms with Gasteiger partial charge in [-0.3, -0.25) is 4.79 Å². The Morgan fingerprint density at radius 2 is 1.72 bits per heavy atom. The van der Waals surface area contributed by atoms with Crippen LogP contribution in [0.3, 0.4) is 0 Å². The Hall–Kier alpha value is -1.35. The maximum absolute atomic E-state index is 12.6. The molecule has 0 aromatic heterocycles. The molecule has 25 heavy (non-hydrogen) atoms. The maximum atomic E-state index is 12.6. The van der Waals surface area contributed by atoms with E-state index in [1.165, 1.54) is 11.1 Å². The smallest absolute Gasteiger partial charge is 0.223 e. The Bertz CT molecular complexity index is 591. The second-order valence-corrected chi connectivity index (χ2v) is 9.23. The molecule has 3 nitrogen and oxygen atoms in total. The van der Waals surface area contributed by atoms with Crippen molar-refractivity contribution in [1.82, 2.24) is 10.2 Å². The van der Waals surface area contributed by atoms with E-state index < -0.39 is 0 Å². The summed E-state index contributed by atoms with van der Waals surface area (Å²) in [6.45, 7) is 13.4. The van der Waals surface area contributed by atoms with Crippen LogP contribution in [0.2, 0.25) is 0 Å². The van der Waals surface area contributed by atoms with Crippen molar-refractivity contribution in [1.29, 1.82) is 0 Å². The van der Waals surface area contributed by atoms with Crippen molar-refractivity contribution in [3.05, 3.63) is 35.4 Å². The van der Waals surface area contributed by atoms with Crippen LogP contribution in [0.1, 0.15) is 70.9 Å². The minimum Gasteiger partial charge on any atom is -0.353 e. The van der Waals surface area contributed by atoms with Gasteiger partial charge in [-0.1, -0.05) is 45.0 Å². The van der Waals surface area contributed by atoms with E-state index >= 15 is 0 Å². The van der Waals surface area contributed by atoms with Gasteiger partial charge in [0.2, 0.25) is 5.91 Å². The van der Waals surface area contributed by atoms with Gasteiger partial charge in [0, 0.05) is 31.1 Å². The molecule has 1 heterocycles. The lowest BCUT2D eigenvalue weighted by Crippen LogP contribution is -2.47. The first-order chi connectivity index (χ1) is 11.8. The number of nitrogens with one attached hydrogen (secondary N) is 1. The molecule has 138 valence electrons. The summed E-state index contributed by atoms with van der Waals surface area (Å²) < 4.78 is 0. The fourth-order valence-electron chi connectivity index (χ4n) is 3.95. The highest BCUT2D eigenvalue weighted by Gasteiger charge is 2.44. The Labute approximate surface area is 153 Å². The first kappa shape index (κ1) is 18.4. The molecule has 2 atom stereocenters. The number of nitrogens with zero attached hydrogens (tertiary/aromatic N) is 1. The van der Waals surface area contributed by atoms with Crippen molar-refractivity contribution in [3.8, 4) is 0 Å². The molecule has 0 radical (unpaired) electrons. The van der Waals surface area contributed by atoms with E-state index in [1.54, 1.807) is 0 Å². The Balaban J connectivity index is 1.49. The highest BCUT2D eigenvalue weighted by Crippen LogP contribution is 2.48. The van der Waals surface area contributed by atoms with Crippen LogP contribution in [0.4, 0.5) is 0 Å². The molecule has 1 amide bonds. The fraction of sp³-hybridized carbons (Fsp3) is 0.682. The van der Waals surface area contributed by atoms with E-state index in [0.29, 0.717) is 18.0 Å². The molecule has 2 aliphatic rings. The molecule has 1 saturated carbocycles. The molecular formula is C22H34N2O. The first-order valence-electron chi connectivity index (χ1n) is 9.90. The molecule has 1 aromatic rings. The standard InChI is InChI=1S/C22H34N2O/c1-15(2)24-12-10-18(11-13-24)23-21(25)20-14-19(20)16-6-8-17(9-7-16)22(3,4)5/h6-9,15,18-20H,10-14H2,1-5H3,(H,23,25)/t19-,20+/m1/s1. The average molecular weight is 343 g/mol. The molecule has 0 unspecified atom stereocenters. The number of likely N-dealkylation sites (tertiary alicyclic amines) is 1. The molecule has 2 fully saturated rings. The quantitative estimate of drug-likeness (QED) is 0.894. The minimum atomic E-state index is 0.184. The number of carbonyl (C=O) groups excluding carboxylic acids is 1. The number of piperidine rings is 1. The number of amides is 1. The molecular weight excluding hydrogens is 308 g/mol. The zero-order valence-electron chi connectivity index (χ0n) is 16.5. The number of benzene rings is 1. The summed E-state index contributed by atoms with van der Waals surface area (Å²) in [7, 11) is 0. The van der Waals surface area contributed by atoms with Crippen molar-refractivity contribution < 1.29 is 4.79 Å². The van der Waals surface area contributed by atoms with Gasteiger partial charge in [0.1, 0.15) is 0 Å². The van der Waals surface area contributed by atoms with Gasteiger partial charge < -0.3 is 10.2 Å². The lowest BCUT2D eigenvalue weighted by molar-refractivity contribution is -0.123. The zero-order valence-corrected chi connectivity index (χ0v) is 16.5. The van der Waals surface area contributed by atoms with Crippen LogP contribution in [0.15, 0.2) is 24.3 Å². The monoisotopic (exact) mass is 342 g/mol. The summed E-state index contributed by atoms with van der Waals surface area (Å²) in [6, 6.07) is 9.88. The summed E-state index contributed by atoms with van der Waals surface area (Å²) in [5, 5.41) is 3.31. The van der Waals surface area contributed by atoms with E-state index in [-0.39, 0.29) is 17.2 Å². The van der Waals surface area contributed by atoms with Gasteiger partial charge in [0.15, 0.2) is 0 Å².